The summed E-state index contributed by atoms with van der Waals surface area (Å²) < 4.78 is 12.4. The standard InChI is InChI=1S/C28H29NO6/c1-16(2)15-34-26-20-7-5-6-8-21(20)27(35-17(3)4)25-24(26)22(14-30)29(28(25)33)19-11-9-18(10-12-19)13-23(31)32/h5-12,14,16-17,22H,13,15H2,1-4H3,(H,31,32)/t22-/m0/s1. The predicted octanol–water partition coefficient (Wildman–Crippen LogP) is 5.19. The number of carbonyl (C=O) groups excluding carboxylic acids is 2. The van der Waals surface area contributed by atoms with Crippen LogP contribution in [0.15, 0.2) is 48.5 Å². The first kappa shape index (κ1) is 24.3. The molecule has 0 fully saturated rings. The van der Waals surface area contributed by atoms with Crippen LogP contribution >= 0.6 is 0 Å². The molecule has 1 aliphatic rings. The van der Waals surface area contributed by atoms with Crippen molar-refractivity contribution < 1.29 is 29.0 Å². The molecule has 0 spiro atoms. The summed E-state index contributed by atoms with van der Waals surface area (Å²) in [7, 11) is 0. The Morgan fingerprint density at radius 1 is 1.03 bits per heavy atom. The quantitative estimate of drug-likeness (QED) is 0.428. The Balaban J connectivity index is 1.94. The third-order valence-electron chi connectivity index (χ3n) is 5.78. The summed E-state index contributed by atoms with van der Waals surface area (Å²) in [4.78, 5) is 38.9. The van der Waals surface area contributed by atoms with Crippen LogP contribution in [0.2, 0.25) is 0 Å². The van der Waals surface area contributed by atoms with Crippen molar-refractivity contribution in [2.75, 3.05) is 11.5 Å². The summed E-state index contributed by atoms with van der Waals surface area (Å²) in [6.07, 6.45) is 0.415. The van der Waals surface area contributed by atoms with E-state index in [2.05, 4.69) is 0 Å². The SMILES string of the molecule is CC(C)COc1c2c(c(OC(C)C)c3ccccc13)C(=O)N(c1ccc(CC(=O)O)cc1)[C@H]2C=O. The van der Waals surface area contributed by atoms with Gasteiger partial charge in [-0.2, -0.15) is 0 Å². The number of hydrogen-bond donors (Lipinski definition) is 1. The third-order valence-corrected chi connectivity index (χ3v) is 5.78. The van der Waals surface area contributed by atoms with Crippen molar-refractivity contribution in [3.05, 3.63) is 65.2 Å². The first-order valence-electron chi connectivity index (χ1n) is 11.7. The van der Waals surface area contributed by atoms with E-state index < -0.39 is 12.0 Å². The number of ether oxygens (including phenoxy) is 2. The maximum atomic E-state index is 13.9. The van der Waals surface area contributed by atoms with Crippen molar-refractivity contribution in [1.82, 2.24) is 0 Å². The molecule has 0 saturated carbocycles. The zero-order chi connectivity index (χ0) is 25.3. The molecule has 1 heterocycles. The van der Waals surface area contributed by atoms with Gasteiger partial charge >= 0.3 is 5.97 Å². The van der Waals surface area contributed by atoms with E-state index in [1.165, 1.54) is 4.90 Å². The number of carbonyl (C=O) groups is 3. The number of amides is 1. The summed E-state index contributed by atoms with van der Waals surface area (Å²) in [5, 5.41) is 10.6. The van der Waals surface area contributed by atoms with Crippen molar-refractivity contribution in [2.24, 2.45) is 5.92 Å². The number of anilines is 1. The molecule has 182 valence electrons. The molecule has 7 heteroatoms. The van der Waals surface area contributed by atoms with Crippen LogP contribution in [0.3, 0.4) is 0 Å². The van der Waals surface area contributed by atoms with Crippen LogP contribution in [0.1, 0.15) is 55.2 Å². The summed E-state index contributed by atoms with van der Waals surface area (Å²) in [6, 6.07) is 13.3. The van der Waals surface area contributed by atoms with Gasteiger partial charge in [0, 0.05) is 22.0 Å². The number of carboxylic acids is 1. The molecule has 3 aromatic carbocycles. The highest BCUT2D eigenvalue weighted by molar-refractivity contribution is 6.20. The number of hydrogen-bond acceptors (Lipinski definition) is 5. The van der Waals surface area contributed by atoms with Gasteiger partial charge in [-0.25, -0.2) is 0 Å². The van der Waals surface area contributed by atoms with Crippen molar-refractivity contribution in [3.8, 4) is 11.5 Å². The van der Waals surface area contributed by atoms with Crippen molar-refractivity contribution >= 4 is 34.6 Å². The number of benzene rings is 3. The van der Waals surface area contributed by atoms with Gasteiger partial charge < -0.3 is 19.4 Å². The molecule has 0 aliphatic carbocycles. The minimum Gasteiger partial charge on any atom is -0.492 e. The number of nitrogens with zero attached hydrogens (tertiary/aromatic N) is 1. The molecule has 1 amide bonds. The molecule has 35 heavy (non-hydrogen) atoms. The molecular weight excluding hydrogens is 446 g/mol. The van der Waals surface area contributed by atoms with E-state index in [9.17, 15) is 14.4 Å². The second-order valence-electron chi connectivity index (χ2n) is 9.36. The minimum absolute atomic E-state index is 0.128. The first-order valence-corrected chi connectivity index (χ1v) is 11.7. The van der Waals surface area contributed by atoms with Crippen LogP contribution in [0.4, 0.5) is 5.69 Å². The first-order chi connectivity index (χ1) is 16.7. The molecule has 0 aromatic heterocycles. The minimum atomic E-state index is -0.942. The fraction of sp³-hybridized carbons (Fsp3) is 0.321. The topological polar surface area (TPSA) is 93.1 Å². The van der Waals surface area contributed by atoms with Crippen LogP contribution in [-0.4, -0.2) is 36.0 Å². The van der Waals surface area contributed by atoms with Crippen molar-refractivity contribution in [3.63, 3.8) is 0 Å². The lowest BCUT2D eigenvalue weighted by atomic mass is 9.96. The summed E-state index contributed by atoms with van der Waals surface area (Å²) in [5.74, 6) is -0.123. The van der Waals surface area contributed by atoms with Gasteiger partial charge in [0.2, 0.25) is 0 Å². The van der Waals surface area contributed by atoms with E-state index in [0.29, 0.717) is 40.5 Å². The highest BCUT2D eigenvalue weighted by atomic mass is 16.5. The summed E-state index contributed by atoms with van der Waals surface area (Å²) >= 11 is 0. The fourth-order valence-corrected chi connectivity index (χ4v) is 4.38. The van der Waals surface area contributed by atoms with Gasteiger partial charge in [-0.15, -0.1) is 0 Å². The molecule has 7 nitrogen and oxygen atoms in total. The van der Waals surface area contributed by atoms with Gasteiger partial charge in [-0.1, -0.05) is 50.2 Å². The van der Waals surface area contributed by atoms with E-state index in [-0.39, 0.29) is 24.3 Å². The van der Waals surface area contributed by atoms with E-state index in [0.717, 1.165) is 17.1 Å². The fourth-order valence-electron chi connectivity index (χ4n) is 4.38. The molecule has 3 aromatic rings. The number of carboxylic acid groups (broad SMARTS) is 1. The Kier molecular flexibility index (Phi) is 6.78. The average Bonchev–Trinajstić information content (AvgIpc) is 3.10. The van der Waals surface area contributed by atoms with Gasteiger partial charge in [-0.05, 0) is 37.5 Å². The molecule has 1 aliphatic heterocycles. The van der Waals surface area contributed by atoms with Crippen LogP contribution < -0.4 is 14.4 Å². The second kappa shape index (κ2) is 9.78. The van der Waals surface area contributed by atoms with E-state index >= 15 is 0 Å². The molecule has 0 radical (unpaired) electrons. The highest BCUT2D eigenvalue weighted by Gasteiger charge is 2.44. The van der Waals surface area contributed by atoms with Crippen molar-refractivity contribution in [2.45, 2.75) is 46.3 Å². The molecule has 0 saturated heterocycles. The Labute approximate surface area is 204 Å². The number of aliphatic carboxylic acids is 1. The van der Waals surface area contributed by atoms with Gasteiger partial charge in [0.1, 0.15) is 23.8 Å². The number of rotatable bonds is 9. The van der Waals surface area contributed by atoms with E-state index in [1.54, 1.807) is 24.3 Å². The van der Waals surface area contributed by atoms with Gasteiger partial charge in [0.15, 0.2) is 0 Å². The van der Waals surface area contributed by atoms with Gasteiger partial charge in [-0.3, -0.25) is 14.5 Å². The maximum Gasteiger partial charge on any atom is 0.307 e. The summed E-state index contributed by atoms with van der Waals surface area (Å²) in [5.41, 5.74) is 1.91. The monoisotopic (exact) mass is 475 g/mol. The summed E-state index contributed by atoms with van der Waals surface area (Å²) in [6.45, 7) is 8.27. The zero-order valence-electron chi connectivity index (χ0n) is 20.3. The lowest BCUT2D eigenvalue weighted by Crippen LogP contribution is -2.28. The van der Waals surface area contributed by atoms with Crippen LogP contribution in [-0.2, 0) is 16.0 Å². The third kappa shape index (κ3) is 4.58. The normalized spacial score (nSPS) is 15.1. The molecule has 1 N–H and O–H groups in total. The van der Waals surface area contributed by atoms with Crippen LogP contribution in [0.25, 0.3) is 10.8 Å². The number of aldehydes is 1. The molecule has 1 atom stereocenters. The molecule has 0 unspecified atom stereocenters. The average molecular weight is 476 g/mol. The van der Waals surface area contributed by atoms with Crippen LogP contribution in [0.5, 0.6) is 11.5 Å². The lowest BCUT2D eigenvalue weighted by Gasteiger charge is -2.23. The second-order valence-corrected chi connectivity index (χ2v) is 9.36. The van der Waals surface area contributed by atoms with E-state index in [1.807, 2.05) is 52.0 Å². The maximum absolute atomic E-state index is 13.9. The highest BCUT2D eigenvalue weighted by Crippen LogP contribution is 2.50. The molecule has 4 rings (SSSR count). The molecule has 0 bridgehead atoms. The largest absolute Gasteiger partial charge is 0.492 e. The zero-order valence-corrected chi connectivity index (χ0v) is 20.3. The Bertz CT molecular complexity index is 1280. The van der Waals surface area contributed by atoms with Crippen LogP contribution in [0, 0.1) is 5.92 Å². The Morgan fingerprint density at radius 2 is 1.66 bits per heavy atom. The van der Waals surface area contributed by atoms with E-state index in [4.69, 9.17) is 14.6 Å². The predicted molar refractivity (Wildman–Crippen MR) is 133 cm³/mol. The lowest BCUT2D eigenvalue weighted by molar-refractivity contribution is -0.136. The van der Waals surface area contributed by atoms with Gasteiger partial charge in [0.25, 0.3) is 5.91 Å². The Hall–Kier alpha value is -3.87. The number of fused-ring (bicyclic) bond motifs is 2. The Morgan fingerprint density at radius 3 is 2.20 bits per heavy atom. The smallest absolute Gasteiger partial charge is 0.307 e. The van der Waals surface area contributed by atoms with Crippen molar-refractivity contribution in [1.29, 1.82) is 0 Å². The molecular formula is C28H29NO6. The van der Waals surface area contributed by atoms with Gasteiger partial charge in [0.05, 0.1) is 24.7 Å².